The van der Waals surface area contributed by atoms with Gasteiger partial charge in [-0.15, -0.1) is 0 Å². The van der Waals surface area contributed by atoms with Crippen molar-refractivity contribution >= 4 is 16.9 Å². The standard InChI is InChI=1S/C13H11NO4/c15-11-9(13(12(16)17)6-18-7-13)5-8-3-1-2-4-10(8)14-11/h1-5H,6-7H2,(H,14,15)(H,16,17). The van der Waals surface area contributed by atoms with Crippen molar-refractivity contribution in [1.29, 1.82) is 0 Å². The largest absolute Gasteiger partial charge is 0.480 e. The van der Waals surface area contributed by atoms with Crippen LogP contribution in [0.3, 0.4) is 0 Å². The molecule has 5 nitrogen and oxygen atoms in total. The second-order valence-corrected chi connectivity index (χ2v) is 4.48. The summed E-state index contributed by atoms with van der Waals surface area (Å²) >= 11 is 0. The molecule has 0 atom stereocenters. The van der Waals surface area contributed by atoms with Crippen LogP contribution in [0.25, 0.3) is 10.9 Å². The summed E-state index contributed by atoms with van der Waals surface area (Å²) in [5, 5.41) is 10.1. The lowest BCUT2D eigenvalue weighted by atomic mass is 9.79. The van der Waals surface area contributed by atoms with Gasteiger partial charge in [-0.05, 0) is 17.5 Å². The van der Waals surface area contributed by atoms with Crippen LogP contribution in [0, 0.1) is 0 Å². The second-order valence-electron chi connectivity index (χ2n) is 4.48. The number of carboxylic acids is 1. The van der Waals surface area contributed by atoms with Crippen LogP contribution in [-0.2, 0) is 14.9 Å². The number of aromatic nitrogens is 1. The van der Waals surface area contributed by atoms with Crippen LogP contribution < -0.4 is 5.56 Å². The highest BCUT2D eigenvalue weighted by Gasteiger charge is 2.49. The molecule has 92 valence electrons. The number of aliphatic carboxylic acids is 1. The van der Waals surface area contributed by atoms with Gasteiger partial charge in [0.2, 0.25) is 0 Å². The van der Waals surface area contributed by atoms with Crippen LogP contribution >= 0.6 is 0 Å². The Balaban J connectivity index is 2.26. The lowest BCUT2D eigenvalue weighted by molar-refractivity contribution is -0.163. The zero-order chi connectivity index (χ0) is 12.8. The first-order valence-corrected chi connectivity index (χ1v) is 5.57. The van der Waals surface area contributed by atoms with E-state index in [0.717, 1.165) is 5.39 Å². The molecule has 3 rings (SSSR count). The number of ether oxygens (including phenoxy) is 1. The fraction of sp³-hybridized carbons (Fsp3) is 0.231. The Morgan fingerprint density at radius 1 is 1.33 bits per heavy atom. The van der Waals surface area contributed by atoms with E-state index in [0.29, 0.717) is 5.52 Å². The van der Waals surface area contributed by atoms with E-state index in [2.05, 4.69) is 4.98 Å². The van der Waals surface area contributed by atoms with E-state index in [9.17, 15) is 14.7 Å². The molecule has 18 heavy (non-hydrogen) atoms. The molecule has 2 heterocycles. The van der Waals surface area contributed by atoms with Gasteiger partial charge in [0, 0.05) is 11.1 Å². The van der Waals surface area contributed by atoms with E-state index in [1.165, 1.54) is 0 Å². The summed E-state index contributed by atoms with van der Waals surface area (Å²) in [5.74, 6) is -1.02. The first-order chi connectivity index (χ1) is 8.63. The quantitative estimate of drug-likeness (QED) is 0.823. The third-order valence-electron chi connectivity index (χ3n) is 3.38. The fourth-order valence-corrected chi connectivity index (χ4v) is 2.20. The lowest BCUT2D eigenvalue weighted by Crippen LogP contribution is -2.55. The van der Waals surface area contributed by atoms with Crippen molar-refractivity contribution in [3.63, 3.8) is 0 Å². The maximum absolute atomic E-state index is 12.0. The number of aromatic amines is 1. The van der Waals surface area contributed by atoms with Crippen LogP contribution in [-0.4, -0.2) is 29.3 Å². The van der Waals surface area contributed by atoms with Gasteiger partial charge in [-0.2, -0.15) is 0 Å². The van der Waals surface area contributed by atoms with Crippen LogP contribution in [0.15, 0.2) is 35.1 Å². The monoisotopic (exact) mass is 245 g/mol. The van der Waals surface area contributed by atoms with Gasteiger partial charge >= 0.3 is 5.97 Å². The first-order valence-electron chi connectivity index (χ1n) is 5.57. The summed E-state index contributed by atoms with van der Waals surface area (Å²) in [5.41, 5.74) is -0.594. The fourth-order valence-electron chi connectivity index (χ4n) is 2.20. The number of rotatable bonds is 2. The van der Waals surface area contributed by atoms with Crippen LogP contribution in [0.2, 0.25) is 0 Å². The Hall–Kier alpha value is -2.14. The summed E-state index contributed by atoms with van der Waals surface area (Å²) in [4.78, 5) is 26.1. The smallest absolute Gasteiger partial charge is 0.319 e. The molecule has 0 bridgehead atoms. The Morgan fingerprint density at radius 2 is 2.06 bits per heavy atom. The third kappa shape index (κ3) is 1.37. The van der Waals surface area contributed by atoms with Crippen LogP contribution in [0.5, 0.6) is 0 Å². The molecule has 0 saturated carbocycles. The normalized spacial score (nSPS) is 17.3. The van der Waals surface area contributed by atoms with Gasteiger partial charge in [-0.25, -0.2) is 0 Å². The highest BCUT2D eigenvalue weighted by atomic mass is 16.5. The van der Waals surface area contributed by atoms with Crippen molar-refractivity contribution in [2.45, 2.75) is 5.41 Å². The van der Waals surface area contributed by atoms with Crippen molar-refractivity contribution in [3.8, 4) is 0 Å². The summed E-state index contributed by atoms with van der Waals surface area (Å²) in [6, 6.07) is 8.92. The number of para-hydroxylation sites is 1. The van der Waals surface area contributed by atoms with Crippen molar-refractivity contribution < 1.29 is 14.6 Å². The van der Waals surface area contributed by atoms with E-state index in [-0.39, 0.29) is 24.3 Å². The molecule has 0 radical (unpaired) electrons. The van der Waals surface area contributed by atoms with E-state index in [4.69, 9.17) is 4.74 Å². The second kappa shape index (κ2) is 3.68. The van der Waals surface area contributed by atoms with Gasteiger partial charge in [0.05, 0.1) is 13.2 Å². The molecule has 2 N–H and O–H groups in total. The third-order valence-corrected chi connectivity index (χ3v) is 3.38. The number of hydrogen-bond acceptors (Lipinski definition) is 3. The van der Waals surface area contributed by atoms with Crippen LogP contribution in [0.1, 0.15) is 5.56 Å². The minimum absolute atomic E-state index is 0.0454. The number of hydrogen-bond donors (Lipinski definition) is 2. The zero-order valence-electron chi connectivity index (χ0n) is 9.47. The van der Waals surface area contributed by atoms with Crippen molar-refractivity contribution in [1.82, 2.24) is 4.98 Å². The van der Waals surface area contributed by atoms with Crippen molar-refractivity contribution in [3.05, 3.63) is 46.2 Å². The van der Waals surface area contributed by atoms with Gasteiger partial charge in [-0.1, -0.05) is 18.2 Å². The van der Waals surface area contributed by atoms with Gasteiger partial charge in [0.1, 0.15) is 5.41 Å². The highest BCUT2D eigenvalue weighted by molar-refractivity contribution is 5.86. The molecule has 2 aromatic rings. The molecule has 1 aliphatic heterocycles. The van der Waals surface area contributed by atoms with Crippen molar-refractivity contribution in [2.24, 2.45) is 0 Å². The lowest BCUT2D eigenvalue weighted by Gasteiger charge is -2.36. The molecule has 0 aliphatic carbocycles. The van der Waals surface area contributed by atoms with Gasteiger partial charge in [0.15, 0.2) is 0 Å². The Labute approximate surface area is 102 Å². The Kier molecular flexibility index (Phi) is 2.24. The average molecular weight is 245 g/mol. The highest BCUT2D eigenvalue weighted by Crippen LogP contribution is 2.31. The molecule has 1 fully saturated rings. The molecule has 0 spiro atoms. The summed E-state index contributed by atoms with van der Waals surface area (Å²) in [6.45, 7) is 0.0908. The molecule has 0 unspecified atom stereocenters. The van der Waals surface area contributed by atoms with E-state index in [1.807, 2.05) is 18.2 Å². The molecule has 1 aromatic heterocycles. The Bertz CT molecular complexity index is 685. The minimum atomic E-state index is -1.20. The van der Waals surface area contributed by atoms with E-state index < -0.39 is 11.4 Å². The number of carboxylic acid groups (broad SMARTS) is 1. The Morgan fingerprint density at radius 3 is 2.67 bits per heavy atom. The van der Waals surface area contributed by atoms with Gasteiger partial charge in [0.25, 0.3) is 5.56 Å². The van der Waals surface area contributed by atoms with Crippen LogP contribution in [0.4, 0.5) is 0 Å². The molecular formula is C13H11NO4. The molecule has 5 heteroatoms. The maximum Gasteiger partial charge on any atom is 0.319 e. The number of nitrogens with one attached hydrogen (secondary N) is 1. The summed E-state index contributed by atoms with van der Waals surface area (Å²) in [6.07, 6.45) is 0. The molecule has 1 aromatic carbocycles. The predicted octanol–water partition coefficient (Wildman–Crippen LogP) is 0.881. The molecule has 1 aliphatic rings. The maximum atomic E-state index is 12.0. The van der Waals surface area contributed by atoms with Gasteiger partial charge in [-0.3, -0.25) is 9.59 Å². The molecular weight excluding hydrogens is 234 g/mol. The number of benzene rings is 1. The average Bonchev–Trinajstić information content (AvgIpc) is 2.27. The SMILES string of the molecule is O=C(O)C1(c2cc3ccccc3[nH]c2=O)COC1. The molecule has 1 saturated heterocycles. The number of fused-ring (bicyclic) bond motifs is 1. The van der Waals surface area contributed by atoms with Crippen molar-refractivity contribution in [2.75, 3.05) is 13.2 Å². The molecule has 0 amide bonds. The van der Waals surface area contributed by atoms with E-state index >= 15 is 0 Å². The summed E-state index contributed by atoms with van der Waals surface area (Å²) < 4.78 is 4.99. The number of pyridine rings is 1. The topological polar surface area (TPSA) is 79.4 Å². The predicted molar refractivity (Wildman–Crippen MR) is 64.7 cm³/mol. The summed E-state index contributed by atoms with van der Waals surface area (Å²) in [7, 11) is 0. The number of carbonyl (C=O) groups is 1. The zero-order valence-corrected chi connectivity index (χ0v) is 9.47. The number of H-pyrrole nitrogens is 1. The van der Waals surface area contributed by atoms with E-state index in [1.54, 1.807) is 12.1 Å². The minimum Gasteiger partial charge on any atom is -0.480 e. The van der Waals surface area contributed by atoms with Gasteiger partial charge < -0.3 is 14.8 Å². The first kappa shape index (κ1) is 11.0.